The fourth-order valence-corrected chi connectivity index (χ4v) is 4.50. The van der Waals surface area contributed by atoms with Gasteiger partial charge in [-0.25, -0.2) is 9.18 Å². The summed E-state index contributed by atoms with van der Waals surface area (Å²) in [5, 5.41) is 4.06. The van der Waals surface area contributed by atoms with Crippen molar-refractivity contribution in [1.29, 1.82) is 0 Å². The largest absolute Gasteiger partial charge is 0.462 e. The van der Waals surface area contributed by atoms with Crippen molar-refractivity contribution in [2.75, 3.05) is 6.61 Å². The van der Waals surface area contributed by atoms with E-state index in [-0.39, 0.29) is 34.2 Å². The van der Waals surface area contributed by atoms with Crippen LogP contribution in [-0.4, -0.2) is 27.2 Å². The Bertz CT molecular complexity index is 1130. The van der Waals surface area contributed by atoms with Crippen LogP contribution in [0.2, 0.25) is 0 Å². The van der Waals surface area contributed by atoms with Gasteiger partial charge in [-0.15, -0.1) is 0 Å². The Labute approximate surface area is 175 Å². The molecule has 4 rings (SSSR count). The molecule has 1 N–H and O–H groups in total. The van der Waals surface area contributed by atoms with Crippen LogP contribution in [0.25, 0.3) is 16.9 Å². The number of carbonyl (C=O) groups excluding carboxylic acids is 1. The molecular formula is C21H21BrFN3O3. The second kappa shape index (κ2) is 8.10. The highest BCUT2D eigenvalue weighted by molar-refractivity contribution is 9.10. The fraction of sp³-hybridized carbons (Fsp3) is 0.381. The number of rotatable bonds is 4. The number of halogens is 2. The molecule has 0 radical (unpaired) electrons. The van der Waals surface area contributed by atoms with Gasteiger partial charge in [-0.05, 0) is 53.2 Å². The van der Waals surface area contributed by atoms with Crippen molar-refractivity contribution in [1.82, 2.24) is 14.6 Å². The van der Waals surface area contributed by atoms with Gasteiger partial charge in [0, 0.05) is 11.6 Å². The maximum atomic E-state index is 14.9. The monoisotopic (exact) mass is 461 g/mol. The van der Waals surface area contributed by atoms with E-state index in [2.05, 4.69) is 26.0 Å². The molecule has 1 fully saturated rings. The average Bonchev–Trinajstić information content (AvgIpc) is 3.05. The Morgan fingerprint density at radius 2 is 2.07 bits per heavy atom. The molecule has 0 bridgehead atoms. The summed E-state index contributed by atoms with van der Waals surface area (Å²) in [6.45, 7) is 1.89. The van der Waals surface area contributed by atoms with Crippen molar-refractivity contribution < 1.29 is 13.9 Å². The van der Waals surface area contributed by atoms with Gasteiger partial charge < -0.3 is 9.72 Å². The molecule has 1 saturated carbocycles. The van der Waals surface area contributed by atoms with Crippen LogP contribution in [0.1, 0.15) is 60.9 Å². The molecule has 0 aliphatic heterocycles. The first-order valence-corrected chi connectivity index (χ1v) is 10.6. The van der Waals surface area contributed by atoms with Crippen molar-refractivity contribution in [2.24, 2.45) is 0 Å². The Hall–Kier alpha value is -2.48. The Balaban J connectivity index is 1.78. The maximum Gasteiger partial charge on any atom is 0.344 e. The number of nitrogens with one attached hydrogen (secondary N) is 1. The lowest BCUT2D eigenvalue weighted by Crippen LogP contribution is -2.15. The SMILES string of the molecule is CCOC(=O)c1c(Br)nn2c(=O)cc(-c3ccc(C4CCCCC4)c(F)c3)[nH]c12. The Morgan fingerprint density at radius 1 is 1.31 bits per heavy atom. The molecule has 0 unspecified atom stereocenters. The summed E-state index contributed by atoms with van der Waals surface area (Å²) in [6, 6.07) is 6.41. The summed E-state index contributed by atoms with van der Waals surface area (Å²) in [7, 11) is 0. The molecule has 0 spiro atoms. The van der Waals surface area contributed by atoms with E-state index in [4.69, 9.17) is 4.74 Å². The minimum Gasteiger partial charge on any atom is -0.462 e. The zero-order valence-corrected chi connectivity index (χ0v) is 17.6. The predicted octanol–water partition coefficient (Wildman–Crippen LogP) is 4.82. The number of aromatic amines is 1. The standard InChI is InChI=1S/C21H21BrFN3O3/c1-2-29-21(28)18-19(22)25-26-17(27)11-16(24-20(18)26)13-8-9-14(15(23)10-13)12-6-4-3-5-7-12/h8-12,24H,2-7H2,1H3. The number of carbonyl (C=O) groups is 1. The van der Waals surface area contributed by atoms with E-state index in [0.717, 1.165) is 35.8 Å². The van der Waals surface area contributed by atoms with Crippen LogP contribution in [0.5, 0.6) is 0 Å². The molecule has 1 aliphatic rings. The first kappa shape index (κ1) is 19.8. The maximum absolute atomic E-state index is 14.9. The molecule has 0 saturated heterocycles. The molecule has 2 aromatic heterocycles. The third kappa shape index (κ3) is 3.73. The van der Waals surface area contributed by atoms with E-state index < -0.39 is 11.5 Å². The quantitative estimate of drug-likeness (QED) is 0.565. The molecule has 152 valence electrons. The highest BCUT2D eigenvalue weighted by Crippen LogP contribution is 2.35. The lowest BCUT2D eigenvalue weighted by atomic mass is 9.83. The first-order valence-electron chi connectivity index (χ1n) is 9.78. The van der Waals surface area contributed by atoms with Crippen molar-refractivity contribution in [3.8, 4) is 11.3 Å². The number of nitrogens with zero attached hydrogens (tertiary/aromatic N) is 2. The second-order valence-electron chi connectivity index (χ2n) is 7.24. The normalized spacial score (nSPS) is 15.0. The van der Waals surface area contributed by atoms with Crippen molar-refractivity contribution >= 4 is 27.5 Å². The molecule has 8 heteroatoms. The van der Waals surface area contributed by atoms with E-state index in [0.29, 0.717) is 11.3 Å². The van der Waals surface area contributed by atoms with Gasteiger partial charge in [0.05, 0.1) is 12.3 Å². The molecule has 1 aliphatic carbocycles. The summed E-state index contributed by atoms with van der Waals surface area (Å²) >= 11 is 3.21. The zero-order chi connectivity index (χ0) is 20.5. The molecule has 29 heavy (non-hydrogen) atoms. The summed E-state index contributed by atoms with van der Waals surface area (Å²) in [5.74, 6) is -0.614. The van der Waals surface area contributed by atoms with Crippen LogP contribution in [0.15, 0.2) is 33.7 Å². The van der Waals surface area contributed by atoms with E-state index in [1.165, 1.54) is 18.6 Å². The van der Waals surface area contributed by atoms with Crippen molar-refractivity contribution in [3.05, 3.63) is 56.2 Å². The van der Waals surface area contributed by atoms with E-state index in [9.17, 15) is 14.0 Å². The lowest BCUT2D eigenvalue weighted by Gasteiger charge is -2.22. The zero-order valence-electron chi connectivity index (χ0n) is 16.0. The van der Waals surface area contributed by atoms with Gasteiger partial charge in [-0.2, -0.15) is 9.61 Å². The molecule has 0 amide bonds. The van der Waals surface area contributed by atoms with Gasteiger partial charge in [0.1, 0.15) is 16.0 Å². The van der Waals surface area contributed by atoms with Crippen LogP contribution in [-0.2, 0) is 4.74 Å². The fourth-order valence-electron chi connectivity index (χ4n) is 3.99. The minimum atomic E-state index is -0.596. The van der Waals surface area contributed by atoms with E-state index in [1.54, 1.807) is 6.92 Å². The lowest BCUT2D eigenvalue weighted by molar-refractivity contribution is 0.0527. The molecule has 0 atom stereocenters. The number of ether oxygens (including phenoxy) is 1. The van der Waals surface area contributed by atoms with E-state index in [1.807, 2.05) is 12.1 Å². The Morgan fingerprint density at radius 3 is 2.76 bits per heavy atom. The van der Waals surface area contributed by atoms with Crippen LogP contribution in [0.3, 0.4) is 0 Å². The summed E-state index contributed by atoms with van der Waals surface area (Å²) in [6.07, 6.45) is 5.48. The van der Waals surface area contributed by atoms with Crippen molar-refractivity contribution in [3.63, 3.8) is 0 Å². The number of hydrogen-bond acceptors (Lipinski definition) is 4. The van der Waals surface area contributed by atoms with Gasteiger partial charge in [0.2, 0.25) is 0 Å². The number of esters is 1. The molecule has 6 nitrogen and oxygen atoms in total. The third-order valence-electron chi connectivity index (χ3n) is 5.41. The number of H-pyrrole nitrogens is 1. The van der Waals surface area contributed by atoms with Crippen LogP contribution in [0, 0.1) is 5.82 Å². The molecule has 2 heterocycles. The van der Waals surface area contributed by atoms with Gasteiger partial charge in [-0.3, -0.25) is 4.79 Å². The minimum absolute atomic E-state index is 0.130. The van der Waals surface area contributed by atoms with Crippen LogP contribution in [0.4, 0.5) is 4.39 Å². The van der Waals surface area contributed by atoms with Gasteiger partial charge in [0.15, 0.2) is 5.65 Å². The number of hydrogen-bond donors (Lipinski definition) is 1. The number of fused-ring (bicyclic) bond motifs is 1. The molecule has 1 aromatic carbocycles. The highest BCUT2D eigenvalue weighted by atomic mass is 79.9. The summed E-state index contributed by atoms with van der Waals surface area (Å²) in [4.78, 5) is 27.9. The van der Waals surface area contributed by atoms with Gasteiger partial charge in [-0.1, -0.05) is 31.4 Å². The summed E-state index contributed by atoms with van der Waals surface area (Å²) in [5.41, 5.74) is 1.58. The average molecular weight is 462 g/mol. The van der Waals surface area contributed by atoms with Crippen LogP contribution < -0.4 is 5.56 Å². The van der Waals surface area contributed by atoms with Crippen molar-refractivity contribution in [2.45, 2.75) is 44.9 Å². The highest BCUT2D eigenvalue weighted by Gasteiger charge is 2.23. The Kier molecular flexibility index (Phi) is 5.54. The van der Waals surface area contributed by atoms with E-state index >= 15 is 0 Å². The van der Waals surface area contributed by atoms with Gasteiger partial charge >= 0.3 is 5.97 Å². The first-order chi connectivity index (χ1) is 14.0. The second-order valence-corrected chi connectivity index (χ2v) is 7.99. The van der Waals surface area contributed by atoms with Crippen LogP contribution >= 0.6 is 15.9 Å². The third-order valence-corrected chi connectivity index (χ3v) is 5.96. The number of benzene rings is 1. The molecule has 3 aromatic rings. The molecular weight excluding hydrogens is 441 g/mol. The number of aromatic nitrogens is 3. The summed E-state index contributed by atoms with van der Waals surface area (Å²) < 4.78 is 21.2. The van der Waals surface area contributed by atoms with Gasteiger partial charge in [0.25, 0.3) is 5.56 Å². The predicted molar refractivity (Wildman–Crippen MR) is 111 cm³/mol. The smallest absolute Gasteiger partial charge is 0.344 e. The topological polar surface area (TPSA) is 76.5 Å².